The number of hydrogen-bond donors (Lipinski definition) is 1. The molecule has 0 saturated heterocycles. The summed E-state index contributed by atoms with van der Waals surface area (Å²) in [7, 11) is 0. The van der Waals surface area contributed by atoms with Gasteiger partial charge in [0.25, 0.3) is 11.6 Å². The number of rotatable bonds is 3. The molecule has 1 unspecified atom stereocenters. The summed E-state index contributed by atoms with van der Waals surface area (Å²) >= 11 is 0. The fourth-order valence-corrected chi connectivity index (χ4v) is 2.69. The summed E-state index contributed by atoms with van der Waals surface area (Å²) in [6.45, 7) is 1.96. The Bertz CT molecular complexity index is 835. The number of aliphatic hydroxyl groups is 1. The highest BCUT2D eigenvalue weighted by Gasteiger charge is 2.63. The van der Waals surface area contributed by atoms with E-state index in [2.05, 4.69) is 10.1 Å². The zero-order chi connectivity index (χ0) is 18.9. The predicted molar refractivity (Wildman–Crippen MR) is 88.4 cm³/mol. The molecule has 0 bridgehead atoms. The third-order valence-corrected chi connectivity index (χ3v) is 4.25. The molecule has 0 aliphatic carbocycles. The minimum atomic E-state index is -5.07. The fourth-order valence-electron chi connectivity index (χ4n) is 2.69. The summed E-state index contributed by atoms with van der Waals surface area (Å²) in [4.78, 5) is 16.2. The van der Waals surface area contributed by atoms with E-state index in [4.69, 9.17) is 0 Å². The van der Waals surface area contributed by atoms with Crippen molar-refractivity contribution >= 4 is 11.6 Å². The highest BCUT2D eigenvalue weighted by molar-refractivity contribution is 6.05. The van der Waals surface area contributed by atoms with Gasteiger partial charge >= 0.3 is 6.18 Å². The number of hydrogen-bond acceptors (Lipinski definition) is 4. The molecule has 0 radical (unpaired) electrons. The molecule has 1 aliphatic heterocycles. The van der Waals surface area contributed by atoms with Crippen LogP contribution in [0.15, 0.2) is 53.9 Å². The Kier molecular flexibility index (Phi) is 4.53. The van der Waals surface area contributed by atoms with Crippen LogP contribution in [0.5, 0.6) is 0 Å². The number of amides is 1. The summed E-state index contributed by atoms with van der Waals surface area (Å²) < 4.78 is 40.6. The van der Waals surface area contributed by atoms with Crippen molar-refractivity contribution in [1.29, 1.82) is 0 Å². The van der Waals surface area contributed by atoms with Crippen LogP contribution in [0, 0.1) is 0 Å². The smallest absolute Gasteiger partial charge is 0.362 e. The number of nitrogens with zero attached hydrogens (tertiary/aromatic N) is 3. The number of pyridine rings is 1. The van der Waals surface area contributed by atoms with Gasteiger partial charge < -0.3 is 5.11 Å². The van der Waals surface area contributed by atoms with Crippen LogP contribution in [0.1, 0.15) is 34.8 Å². The Morgan fingerprint density at radius 2 is 1.81 bits per heavy atom. The van der Waals surface area contributed by atoms with Gasteiger partial charge in [0.05, 0.1) is 12.1 Å². The maximum absolute atomic E-state index is 13.5. The quantitative estimate of drug-likeness (QED) is 0.911. The Hall–Kier alpha value is -2.74. The van der Waals surface area contributed by atoms with Crippen molar-refractivity contribution in [2.24, 2.45) is 5.10 Å². The van der Waals surface area contributed by atoms with Gasteiger partial charge in [-0.05, 0) is 29.7 Å². The maximum Gasteiger partial charge on any atom is 0.438 e. The lowest BCUT2D eigenvalue weighted by atomic mass is 9.99. The summed E-state index contributed by atoms with van der Waals surface area (Å²) in [5.74, 6) is -1.05. The molecule has 1 amide bonds. The first-order chi connectivity index (χ1) is 12.3. The third kappa shape index (κ3) is 3.08. The van der Waals surface area contributed by atoms with Crippen LogP contribution in [0.3, 0.4) is 0 Å². The van der Waals surface area contributed by atoms with Crippen LogP contribution >= 0.6 is 0 Å². The topological polar surface area (TPSA) is 65.8 Å². The Labute approximate surface area is 147 Å². The van der Waals surface area contributed by atoms with E-state index in [9.17, 15) is 23.1 Å². The zero-order valence-corrected chi connectivity index (χ0v) is 13.9. The monoisotopic (exact) mass is 363 g/mol. The molecule has 1 N–H and O–H groups in total. The standard InChI is InChI=1S/C18H16F3N3O2/c1-2-12-3-5-13(6-4-12)15-11-17(26,18(19,20)21)24(23-15)16(25)14-7-9-22-10-8-14/h3-10,26H,2,11H2,1H3. The van der Waals surface area contributed by atoms with Gasteiger partial charge in [-0.3, -0.25) is 9.78 Å². The zero-order valence-electron chi connectivity index (χ0n) is 13.9. The molecule has 0 fully saturated rings. The Morgan fingerprint density at radius 1 is 1.19 bits per heavy atom. The third-order valence-electron chi connectivity index (χ3n) is 4.25. The maximum atomic E-state index is 13.5. The largest absolute Gasteiger partial charge is 0.438 e. The lowest BCUT2D eigenvalue weighted by molar-refractivity contribution is -0.297. The fraction of sp³-hybridized carbons (Fsp3) is 0.278. The minimum Gasteiger partial charge on any atom is -0.362 e. The number of aromatic nitrogens is 1. The van der Waals surface area contributed by atoms with E-state index < -0.39 is 24.2 Å². The number of benzene rings is 1. The van der Waals surface area contributed by atoms with E-state index in [0.29, 0.717) is 5.56 Å². The van der Waals surface area contributed by atoms with Crippen molar-refractivity contribution in [3.05, 3.63) is 65.5 Å². The molecule has 1 atom stereocenters. The van der Waals surface area contributed by atoms with Gasteiger partial charge in [-0.1, -0.05) is 31.2 Å². The average molecular weight is 363 g/mol. The normalized spacial score (nSPS) is 20.2. The lowest BCUT2D eigenvalue weighted by Gasteiger charge is -2.32. The molecule has 8 heteroatoms. The van der Waals surface area contributed by atoms with E-state index in [-0.39, 0.29) is 16.3 Å². The second-order valence-corrected chi connectivity index (χ2v) is 5.94. The number of halogens is 3. The first-order valence-electron chi connectivity index (χ1n) is 7.97. The molecule has 3 rings (SSSR count). The molecule has 2 aromatic rings. The van der Waals surface area contributed by atoms with Gasteiger partial charge in [0.2, 0.25) is 0 Å². The van der Waals surface area contributed by atoms with Crippen LogP contribution in [0.2, 0.25) is 0 Å². The molecular formula is C18H16F3N3O2. The molecular weight excluding hydrogens is 347 g/mol. The van der Waals surface area contributed by atoms with E-state index in [1.807, 2.05) is 6.92 Å². The molecule has 5 nitrogen and oxygen atoms in total. The second-order valence-electron chi connectivity index (χ2n) is 5.94. The second kappa shape index (κ2) is 6.53. The van der Waals surface area contributed by atoms with Crippen molar-refractivity contribution in [2.75, 3.05) is 0 Å². The van der Waals surface area contributed by atoms with Crippen molar-refractivity contribution in [3.8, 4) is 0 Å². The highest BCUT2D eigenvalue weighted by atomic mass is 19.4. The van der Waals surface area contributed by atoms with Gasteiger partial charge in [0, 0.05) is 18.0 Å². The van der Waals surface area contributed by atoms with Crippen molar-refractivity contribution in [2.45, 2.75) is 31.7 Å². The molecule has 136 valence electrons. The van der Waals surface area contributed by atoms with Gasteiger partial charge in [-0.25, -0.2) is 0 Å². The van der Waals surface area contributed by atoms with Crippen LogP contribution in [0.25, 0.3) is 0 Å². The van der Waals surface area contributed by atoms with E-state index in [1.54, 1.807) is 24.3 Å². The molecule has 0 saturated carbocycles. The van der Waals surface area contributed by atoms with Crippen LogP contribution in [-0.2, 0) is 6.42 Å². The van der Waals surface area contributed by atoms with Gasteiger partial charge in [0.15, 0.2) is 0 Å². The molecule has 0 spiro atoms. The molecule has 1 aromatic heterocycles. The van der Waals surface area contributed by atoms with E-state index in [0.717, 1.165) is 12.0 Å². The van der Waals surface area contributed by atoms with Crippen LogP contribution in [-0.4, -0.2) is 38.6 Å². The van der Waals surface area contributed by atoms with Gasteiger partial charge in [0.1, 0.15) is 0 Å². The van der Waals surface area contributed by atoms with Gasteiger partial charge in [-0.2, -0.15) is 23.3 Å². The van der Waals surface area contributed by atoms with E-state index in [1.165, 1.54) is 24.5 Å². The highest BCUT2D eigenvalue weighted by Crippen LogP contribution is 2.41. The first kappa shape index (κ1) is 18.1. The SMILES string of the molecule is CCc1ccc(C2=NN(C(=O)c3ccncc3)C(O)(C(F)(F)F)C2)cc1. The van der Waals surface area contributed by atoms with E-state index >= 15 is 0 Å². The number of carbonyl (C=O) groups excluding carboxylic acids is 1. The Balaban J connectivity index is 2.02. The van der Waals surface area contributed by atoms with Crippen molar-refractivity contribution in [1.82, 2.24) is 9.99 Å². The summed E-state index contributed by atoms with van der Waals surface area (Å²) in [6.07, 6.45) is -2.55. The lowest BCUT2D eigenvalue weighted by Crippen LogP contribution is -2.56. The van der Waals surface area contributed by atoms with Crippen LogP contribution < -0.4 is 0 Å². The van der Waals surface area contributed by atoms with Crippen molar-refractivity contribution in [3.63, 3.8) is 0 Å². The van der Waals surface area contributed by atoms with Crippen molar-refractivity contribution < 1.29 is 23.1 Å². The summed E-state index contributed by atoms with van der Waals surface area (Å²) in [5.41, 5.74) is -2.01. The number of carbonyl (C=O) groups is 1. The Morgan fingerprint density at radius 3 is 2.35 bits per heavy atom. The molecule has 1 aliphatic rings. The predicted octanol–water partition coefficient (Wildman–Crippen LogP) is 3.15. The average Bonchev–Trinajstić information content (AvgIpc) is 3.01. The minimum absolute atomic E-state index is 0.00474. The number of hydrazone groups is 1. The number of aryl methyl sites for hydroxylation is 1. The van der Waals surface area contributed by atoms with Crippen LogP contribution in [0.4, 0.5) is 13.2 Å². The molecule has 26 heavy (non-hydrogen) atoms. The summed E-state index contributed by atoms with van der Waals surface area (Å²) in [6, 6.07) is 9.35. The summed E-state index contributed by atoms with van der Waals surface area (Å²) in [5, 5.41) is 14.2. The number of alkyl halides is 3. The van der Waals surface area contributed by atoms with Gasteiger partial charge in [-0.15, -0.1) is 0 Å². The molecule has 2 heterocycles. The first-order valence-corrected chi connectivity index (χ1v) is 7.97. The molecule has 1 aromatic carbocycles.